The number of rotatable bonds is 8. The standard InChI is InChI=1S/C32H38N10O3/c1-21-14-27(8-9-42(21)31(43)28(35)17-34)45-29-7-2-22(15-23(29)16-33)30-36-20-37-32(39-30)38-24-3-5-25(6-4-24)40-10-12-41(13-11-40)26-18-44-19-26/h2-7,15,17,20-21,26-27H,8-14,18-19,34-35H2,1H3,(H,36,37,38,39)/b28-17-. The minimum absolute atomic E-state index is 0.0262. The predicted molar refractivity (Wildman–Crippen MR) is 169 cm³/mol. The molecule has 0 saturated carbocycles. The molecule has 5 N–H and O–H groups in total. The van der Waals surface area contributed by atoms with Crippen LogP contribution in [-0.4, -0.2) is 94.8 Å². The topological polar surface area (TPSA) is 172 Å². The molecule has 2 aromatic carbocycles. The second-order valence-electron chi connectivity index (χ2n) is 11.6. The Morgan fingerprint density at radius 3 is 2.56 bits per heavy atom. The van der Waals surface area contributed by atoms with Gasteiger partial charge >= 0.3 is 0 Å². The van der Waals surface area contributed by atoms with E-state index in [1.807, 2.05) is 25.1 Å². The number of amides is 1. The van der Waals surface area contributed by atoms with Gasteiger partial charge in [-0.3, -0.25) is 9.69 Å². The molecule has 2 atom stereocenters. The second-order valence-corrected chi connectivity index (χ2v) is 11.6. The molecular formula is C32H38N10O3. The fourth-order valence-corrected chi connectivity index (χ4v) is 5.97. The molecule has 1 aromatic heterocycles. The molecule has 13 nitrogen and oxygen atoms in total. The number of carbonyl (C=O) groups is 1. The summed E-state index contributed by atoms with van der Waals surface area (Å²) in [5, 5.41) is 13.2. The monoisotopic (exact) mass is 610 g/mol. The van der Waals surface area contributed by atoms with Crippen molar-refractivity contribution in [3.63, 3.8) is 0 Å². The molecule has 1 amide bonds. The van der Waals surface area contributed by atoms with Crippen molar-refractivity contribution in [2.24, 2.45) is 11.5 Å². The lowest BCUT2D eigenvalue weighted by atomic mass is 10.00. The fourth-order valence-electron chi connectivity index (χ4n) is 5.97. The first kappa shape index (κ1) is 30.1. The Bertz CT molecular complexity index is 1580. The average Bonchev–Trinajstić information content (AvgIpc) is 3.04. The maximum atomic E-state index is 12.5. The highest BCUT2D eigenvalue weighted by atomic mass is 16.5. The highest BCUT2D eigenvalue weighted by Crippen LogP contribution is 2.29. The molecular weight excluding hydrogens is 572 g/mol. The van der Waals surface area contributed by atoms with E-state index in [4.69, 9.17) is 20.9 Å². The van der Waals surface area contributed by atoms with E-state index in [2.05, 4.69) is 48.3 Å². The molecule has 45 heavy (non-hydrogen) atoms. The molecule has 0 bridgehead atoms. The second kappa shape index (κ2) is 13.4. The Labute approximate surface area is 262 Å². The maximum Gasteiger partial charge on any atom is 0.271 e. The molecule has 3 fully saturated rings. The number of nitriles is 1. The van der Waals surface area contributed by atoms with E-state index in [0.29, 0.717) is 54.1 Å². The van der Waals surface area contributed by atoms with Crippen LogP contribution in [0.3, 0.4) is 0 Å². The maximum absolute atomic E-state index is 12.5. The molecule has 13 heteroatoms. The van der Waals surface area contributed by atoms with E-state index in [9.17, 15) is 10.1 Å². The summed E-state index contributed by atoms with van der Waals surface area (Å²) in [6.45, 7) is 8.23. The number of hydrogen-bond acceptors (Lipinski definition) is 12. The van der Waals surface area contributed by atoms with Gasteiger partial charge in [-0.25, -0.2) is 9.97 Å². The third kappa shape index (κ3) is 6.77. The lowest BCUT2D eigenvalue weighted by Crippen LogP contribution is -2.56. The van der Waals surface area contributed by atoms with Crippen LogP contribution in [0.1, 0.15) is 25.3 Å². The molecule has 0 spiro atoms. The van der Waals surface area contributed by atoms with Gasteiger partial charge in [-0.2, -0.15) is 10.2 Å². The minimum Gasteiger partial charge on any atom is -0.489 e. The van der Waals surface area contributed by atoms with Crippen LogP contribution in [-0.2, 0) is 9.53 Å². The Kier molecular flexibility index (Phi) is 8.95. The number of nitrogens with zero attached hydrogens (tertiary/aromatic N) is 7. The number of aromatic nitrogens is 3. The van der Waals surface area contributed by atoms with Gasteiger partial charge in [0.1, 0.15) is 29.9 Å². The van der Waals surface area contributed by atoms with Crippen LogP contribution in [0.25, 0.3) is 11.4 Å². The van der Waals surface area contributed by atoms with E-state index in [-0.39, 0.29) is 23.8 Å². The van der Waals surface area contributed by atoms with Crippen LogP contribution in [0, 0.1) is 11.3 Å². The average molecular weight is 611 g/mol. The van der Waals surface area contributed by atoms with Gasteiger partial charge in [0.2, 0.25) is 5.95 Å². The van der Waals surface area contributed by atoms with Gasteiger partial charge in [0.25, 0.3) is 5.91 Å². The summed E-state index contributed by atoms with van der Waals surface area (Å²) < 4.78 is 11.6. The zero-order valence-electron chi connectivity index (χ0n) is 25.3. The van der Waals surface area contributed by atoms with Crippen molar-refractivity contribution in [1.29, 1.82) is 5.26 Å². The van der Waals surface area contributed by atoms with Gasteiger partial charge in [-0.1, -0.05) is 0 Å². The Morgan fingerprint density at radius 1 is 1.11 bits per heavy atom. The first-order chi connectivity index (χ1) is 21.9. The molecule has 3 aliphatic rings. The number of piperazine rings is 1. The van der Waals surface area contributed by atoms with E-state index < -0.39 is 0 Å². The van der Waals surface area contributed by atoms with Gasteiger partial charge < -0.3 is 36.1 Å². The lowest BCUT2D eigenvalue weighted by Gasteiger charge is -2.43. The Balaban J connectivity index is 1.07. The first-order valence-electron chi connectivity index (χ1n) is 15.2. The van der Waals surface area contributed by atoms with Gasteiger partial charge in [0.05, 0.1) is 24.8 Å². The highest BCUT2D eigenvalue weighted by Gasteiger charge is 2.31. The number of nitrogens with one attached hydrogen (secondary N) is 1. The van der Waals surface area contributed by atoms with Crippen LogP contribution < -0.4 is 26.4 Å². The van der Waals surface area contributed by atoms with Crippen LogP contribution in [0.15, 0.2) is 60.7 Å². The van der Waals surface area contributed by atoms with Crippen molar-refractivity contribution < 1.29 is 14.3 Å². The molecule has 3 saturated heterocycles. The molecule has 6 rings (SSSR count). The minimum atomic E-state index is -0.279. The number of hydrogen-bond donors (Lipinski definition) is 3. The van der Waals surface area contributed by atoms with Crippen molar-refractivity contribution in [1.82, 2.24) is 24.8 Å². The summed E-state index contributed by atoms with van der Waals surface area (Å²) >= 11 is 0. The van der Waals surface area contributed by atoms with Crippen molar-refractivity contribution >= 4 is 23.2 Å². The zero-order valence-corrected chi connectivity index (χ0v) is 25.3. The van der Waals surface area contributed by atoms with Gasteiger partial charge in [0, 0.05) is 74.7 Å². The Hall–Kier alpha value is -4.93. The van der Waals surface area contributed by atoms with Gasteiger partial charge in [-0.15, -0.1) is 0 Å². The van der Waals surface area contributed by atoms with Crippen molar-refractivity contribution in [2.45, 2.75) is 38.0 Å². The molecule has 4 heterocycles. The third-order valence-electron chi connectivity index (χ3n) is 8.68. The molecule has 3 aliphatic heterocycles. The molecule has 2 unspecified atom stereocenters. The van der Waals surface area contributed by atoms with Crippen LogP contribution in [0.2, 0.25) is 0 Å². The summed E-state index contributed by atoms with van der Waals surface area (Å²) in [6.07, 6.45) is 3.63. The highest BCUT2D eigenvalue weighted by molar-refractivity contribution is 5.92. The largest absolute Gasteiger partial charge is 0.489 e. The number of anilines is 3. The lowest BCUT2D eigenvalue weighted by molar-refractivity contribution is -0.131. The summed E-state index contributed by atoms with van der Waals surface area (Å²) in [5.41, 5.74) is 14.3. The SMILES string of the molecule is CC1CC(Oc2ccc(-c3ncnc(Nc4ccc(N5CCN(C6COC6)CC5)cc4)n3)cc2C#N)CCN1C(=O)/C(N)=C/N. The quantitative estimate of drug-likeness (QED) is 0.318. The molecule has 0 radical (unpaired) electrons. The number of carbonyl (C=O) groups excluding carboxylic acids is 1. The fraction of sp³-hybridized carbons (Fsp3) is 0.406. The summed E-state index contributed by atoms with van der Waals surface area (Å²) in [5.74, 6) is 1.04. The number of benzene rings is 2. The smallest absolute Gasteiger partial charge is 0.271 e. The van der Waals surface area contributed by atoms with E-state index in [0.717, 1.165) is 51.3 Å². The number of piperidine rings is 1. The van der Waals surface area contributed by atoms with Gasteiger partial charge in [0.15, 0.2) is 5.82 Å². The normalized spacial score (nSPS) is 21.1. The number of ether oxygens (including phenoxy) is 2. The molecule has 3 aromatic rings. The third-order valence-corrected chi connectivity index (χ3v) is 8.68. The first-order valence-corrected chi connectivity index (χ1v) is 15.2. The van der Waals surface area contributed by atoms with Crippen LogP contribution in [0.5, 0.6) is 5.75 Å². The predicted octanol–water partition coefficient (Wildman–Crippen LogP) is 2.19. The van der Waals surface area contributed by atoms with E-state index >= 15 is 0 Å². The van der Waals surface area contributed by atoms with E-state index in [1.165, 1.54) is 12.0 Å². The Morgan fingerprint density at radius 2 is 1.89 bits per heavy atom. The van der Waals surface area contributed by atoms with E-state index in [1.54, 1.807) is 17.0 Å². The van der Waals surface area contributed by atoms with Crippen LogP contribution >= 0.6 is 0 Å². The van der Waals surface area contributed by atoms with Crippen LogP contribution in [0.4, 0.5) is 17.3 Å². The molecule has 234 valence electrons. The van der Waals surface area contributed by atoms with Crippen molar-refractivity contribution in [3.05, 3.63) is 66.3 Å². The van der Waals surface area contributed by atoms with Crippen molar-refractivity contribution in [2.75, 3.05) is 56.2 Å². The summed E-state index contributed by atoms with van der Waals surface area (Å²) in [4.78, 5) is 32.3. The zero-order chi connectivity index (χ0) is 31.3. The summed E-state index contributed by atoms with van der Waals surface area (Å²) in [6, 6.07) is 16.3. The van der Waals surface area contributed by atoms with Gasteiger partial charge in [-0.05, 0) is 49.4 Å². The number of nitrogens with two attached hydrogens (primary N) is 2. The molecule has 0 aliphatic carbocycles. The summed E-state index contributed by atoms with van der Waals surface area (Å²) in [7, 11) is 0. The van der Waals surface area contributed by atoms with Crippen molar-refractivity contribution in [3.8, 4) is 23.2 Å². The number of likely N-dealkylation sites (tertiary alicyclic amines) is 1.